The summed E-state index contributed by atoms with van der Waals surface area (Å²) in [4.78, 5) is 15.2. The number of carbonyl (C=O) groups is 1. The Kier molecular flexibility index (Phi) is 5.26. The van der Waals surface area contributed by atoms with Gasteiger partial charge in [0.1, 0.15) is 5.82 Å². The molecule has 2 rings (SSSR count). The molecule has 1 unspecified atom stereocenters. The second-order valence-electron chi connectivity index (χ2n) is 4.58. The van der Waals surface area contributed by atoms with Crippen molar-refractivity contribution in [3.8, 4) is 0 Å². The van der Waals surface area contributed by atoms with Crippen LogP contribution in [-0.2, 0) is 4.79 Å². The summed E-state index contributed by atoms with van der Waals surface area (Å²) in [6.07, 6.45) is 2.48. The van der Waals surface area contributed by atoms with Gasteiger partial charge in [0.2, 0.25) is 0 Å². The van der Waals surface area contributed by atoms with Gasteiger partial charge in [-0.05, 0) is 42.0 Å². The molecular weight excluding hydrogens is 406 g/mol. The number of imidazole rings is 1. The average molecular weight is 420 g/mol. The lowest BCUT2D eigenvalue weighted by Crippen LogP contribution is -2.07. The summed E-state index contributed by atoms with van der Waals surface area (Å²) in [6, 6.07) is 3.16. The summed E-state index contributed by atoms with van der Waals surface area (Å²) in [5, 5.41) is 9.42. The molecule has 0 spiro atoms. The molecule has 21 heavy (non-hydrogen) atoms. The van der Waals surface area contributed by atoms with Crippen LogP contribution in [0.25, 0.3) is 11.0 Å². The summed E-state index contributed by atoms with van der Waals surface area (Å²) in [6.45, 7) is 5.69. The number of benzene rings is 1. The third kappa shape index (κ3) is 3.57. The molecule has 0 aliphatic heterocycles. The number of aromatic nitrogens is 2. The number of hydrogen-bond donors (Lipinski definition) is 1. The van der Waals surface area contributed by atoms with E-state index in [0.29, 0.717) is 26.2 Å². The maximum atomic E-state index is 13.8. The molecule has 1 heterocycles. The molecule has 0 saturated carbocycles. The molecular formula is C14H14FIN2O2S. The summed E-state index contributed by atoms with van der Waals surface area (Å²) in [5.41, 5.74) is 1.35. The third-order valence-corrected chi connectivity index (χ3v) is 4.74. The summed E-state index contributed by atoms with van der Waals surface area (Å²) in [7, 11) is 0. The monoisotopic (exact) mass is 420 g/mol. The molecule has 112 valence electrons. The standard InChI is InChI=1S/C14H14FIN2O2S/c1-3-4-8(2)18-12-5-9(15)10(16)6-11(12)17-14(18)21-7-13(19)20/h3,5-6,8H,1,4,7H2,2H3,(H,19,20). The number of rotatable bonds is 6. The lowest BCUT2D eigenvalue weighted by atomic mass is 10.2. The molecule has 1 aromatic heterocycles. The highest BCUT2D eigenvalue weighted by atomic mass is 127. The van der Waals surface area contributed by atoms with E-state index in [0.717, 1.165) is 11.8 Å². The molecule has 0 aliphatic rings. The first-order valence-electron chi connectivity index (χ1n) is 6.26. The predicted octanol–water partition coefficient (Wildman–Crippen LogP) is 4.09. The number of thioether (sulfide) groups is 1. The van der Waals surface area contributed by atoms with Crippen LogP contribution in [0.4, 0.5) is 4.39 Å². The Labute approximate surface area is 139 Å². The van der Waals surface area contributed by atoms with Crippen molar-refractivity contribution in [3.63, 3.8) is 0 Å². The van der Waals surface area contributed by atoms with Crippen LogP contribution >= 0.6 is 34.4 Å². The number of fused-ring (bicyclic) bond motifs is 1. The minimum Gasteiger partial charge on any atom is -0.481 e. The Bertz CT molecular complexity index is 702. The van der Waals surface area contributed by atoms with Crippen LogP contribution in [-0.4, -0.2) is 26.4 Å². The second kappa shape index (κ2) is 6.78. The van der Waals surface area contributed by atoms with E-state index in [1.807, 2.05) is 34.1 Å². The van der Waals surface area contributed by atoms with Crippen LogP contribution in [0.3, 0.4) is 0 Å². The lowest BCUT2D eigenvalue weighted by Gasteiger charge is -2.15. The van der Waals surface area contributed by atoms with Gasteiger partial charge in [0.15, 0.2) is 5.16 Å². The zero-order chi connectivity index (χ0) is 15.6. The van der Waals surface area contributed by atoms with E-state index in [9.17, 15) is 9.18 Å². The Morgan fingerprint density at radius 1 is 1.67 bits per heavy atom. The first-order chi connectivity index (χ1) is 9.93. The van der Waals surface area contributed by atoms with E-state index in [1.54, 1.807) is 12.1 Å². The molecule has 0 bridgehead atoms. The SMILES string of the molecule is C=CCC(C)n1c(SCC(=O)O)nc2cc(I)c(F)cc21. The molecule has 1 N–H and O–H groups in total. The predicted molar refractivity (Wildman–Crippen MR) is 90.3 cm³/mol. The van der Waals surface area contributed by atoms with E-state index in [4.69, 9.17) is 5.11 Å². The van der Waals surface area contributed by atoms with Gasteiger partial charge in [0, 0.05) is 12.1 Å². The number of hydrogen-bond acceptors (Lipinski definition) is 3. The van der Waals surface area contributed by atoms with E-state index in [1.165, 1.54) is 6.07 Å². The molecule has 4 nitrogen and oxygen atoms in total. The minimum atomic E-state index is -0.907. The van der Waals surface area contributed by atoms with Gasteiger partial charge in [-0.3, -0.25) is 4.79 Å². The zero-order valence-corrected chi connectivity index (χ0v) is 14.3. The van der Waals surface area contributed by atoms with Crippen LogP contribution in [0.5, 0.6) is 0 Å². The Balaban J connectivity index is 2.56. The first-order valence-corrected chi connectivity index (χ1v) is 8.33. The highest BCUT2D eigenvalue weighted by molar-refractivity contribution is 14.1. The summed E-state index contributed by atoms with van der Waals surface area (Å²) in [5.74, 6) is -1.29. The van der Waals surface area contributed by atoms with Crippen LogP contribution in [0.2, 0.25) is 0 Å². The number of allylic oxidation sites excluding steroid dienone is 1. The fourth-order valence-corrected chi connectivity index (χ4v) is 3.35. The van der Waals surface area contributed by atoms with E-state index >= 15 is 0 Å². The zero-order valence-electron chi connectivity index (χ0n) is 11.3. The van der Waals surface area contributed by atoms with Crippen LogP contribution in [0.15, 0.2) is 29.9 Å². The number of carboxylic acid groups (broad SMARTS) is 1. The summed E-state index contributed by atoms with van der Waals surface area (Å²) < 4.78 is 16.2. The maximum Gasteiger partial charge on any atom is 0.313 e. The molecule has 0 radical (unpaired) electrons. The largest absolute Gasteiger partial charge is 0.481 e. The van der Waals surface area contributed by atoms with Gasteiger partial charge in [0.05, 0.1) is 20.4 Å². The second-order valence-corrected chi connectivity index (χ2v) is 6.68. The molecule has 1 aromatic carbocycles. The first kappa shape index (κ1) is 16.3. The van der Waals surface area contributed by atoms with Crippen molar-refractivity contribution in [2.45, 2.75) is 24.5 Å². The third-order valence-electron chi connectivity index (χ3n) is 2.97. The fourth-order valence-electron chi connectivity index (χ4n) is 2.07. The lowest BCUT2D eigenvalue weighted by molar-refractivity contribution is -0.133. The normalized spacial score (nSPS) is 12.5. The minimum absolute atomic E-state index is 0.0308. The van der Waals surface area contributed by atoms with Gasteiger partial charge in [-0.1, -0.05) is 17.8 Å². The smallest absolute Gasteiger partial charge is 0.313 e. The van der Waals surface area contributed by atoms with Crippen molar-refractivity contribution >= 4 is 51.4 Å². The fraction of sp³-hybridized carbons (Fsp3) is 0.286. The highest BCUT2D eigenvalue weighted by Gasteiger charge is 2.18. The topological polar surface area (TPSA) is 55.1 Å². The van der Waals surface area contributed by atoms with Crippen LogP contribution in [0, 0.1) is 9.39 Å². The Hall–Kier alpha value is -1.09. The van der Waals surface area contributed by atoms with Gasteiger partial charge < -0.3 is 9.67 Å². The van der Waals surface area contributed by atoms with E-state index in [-0.39, 0.29) is 17.6 Å². The van der Waals surface area contributed by atoms with Gasteiger partial charge in [0.25, 0.3) is 0 Å². The van der Waals surface area contributed by atoms with E-state index in [2.05, 4.69) is 11.6 Å². The molecule has 0 saturated heterocycles. The molecule has 1 atom stereocenters. The van der Waals surface area contributed by atoms with Gasteiger partial charge in [-0.25, -0.2) is 9.37 Å². The van der Waals surface area contributed by atoms with Crippen LogP contribution < -0.4 is 0 Å². The molecule has 7 heteroatoms. The number of carboxylic acids is 1. The van der Waals surface area contributed by atoms with Gasteiger partial charge in [-0.15, -0.1) is 6.58 Å². The van der Waals surface area contributed by atoms with Crippen molar-refractivity contribution in [1.82, 2.24) is 9.55 Å². The van der Waals surface area contributed by atoms with Gasteiger partial charge >= 0.3 is 5.97 Å². The van der Waals surface area contributed by atoms with E-state index < -0.39 is 5.97 Å². The van der Waals surface area contributed by atoms with Crippen molar-refractivity contribution in [3.05, 3.63) is 34.2 Å². The maximum absolute atomic E-state index is 13.8. The van der Waals surface area contributed by atoms with Gasteiger partial charge in [-0.2, -0.15) is 0 Å². The molecule has 0 aliphatic carbocycles. The Morgan fingerprint density at radius 3 is 3.00 bits per heavy atom. The van der Waals surface area contributed by atoms with Crippen molar-refractivity contribution in [1.29, 1.82) is 0 Å². The molecule has 0 amide bonds. The summed E-state index contributed by atoms with van der Waals surface area (Å²) >= 11 is 3.06. The number of halogens is 2. The average Bonchev–Trinajstić information content (AvgIpc) is 2.75. The molecule has 2 aromatic rings. The molecule has 0 fully saturated rings. The highest BCUT2D eigenvalue weighted by Crippen LogP contribution is 2.31. The van der Waals surface area contributed by atoms with Crippen molar-refractivity contribution in [2.75, 3.05) is 5.75 Å². The quantitative estimate of drug-likeness (QED) is 0.435. The number of nitrogens with zero attached hydrogens (tertiary/aromatic N) is 2. The van der Waals surface area contributed by atoms with Crippen LogP contribution in [0.1, 0.15) is 19.4 Å². The van der Waals surface area contributed by atoms with Crippen molar-refractivity contribution < 1.29 is 14.3 Å². The van der Waals surface area contributed by atoms with Crippen molar-refractivity contribution in [2.24, 2.45) is 0 Å². The Morgan fingerprint density at radius 2 is 2.38 bits per heavy atom. The number of aliphatic carboxylic acids is 1.